The van der Waals surface area contributed by atoms with Gasteiger partial charge >= 0.3 is 11.9 Å². The maximum Gasteiger partial charge on any atom is 0.338 e. The van der Waals surface area contributed by atoms with Crippen LogP contribution in [0, 0.1) is 0 Å². The summed E-state index contributed by atoms with van der Waals surface area (Å²) in [6, 6.07) is 11.3. The van der Waals surface area contributed by atoms with Crippen molar-refractivity contribution in [2.45, 2.75) is 13.3 Å². The van der Waals surface area contributed by atoms with Gasteiger partial charge in [0.15, 0.2) is 5.75 Å². The summed E-state index contributed by atoms with van der Waals surface area (Å²) in [6.07, 6.45) is 0.748. The largest absolute Gasteiger partial charge is 0.462 e. The molecule has 28 heavy (non-hydrogen) atoms. The van der Waals surface area contributed by atoms with E-state index in [2.05, 4.69) is 5.32 Å². The van der Waals surface area contributed by atoms with Crippen molar-refractivity contribution in [2.24, 2.45) is 0 Å². The zero-order valence-corrected chi connectivity index (χ0v) is 16.0. The number of amides is 1. The van der Waals surface area contributed by atoms with E-state index in [4.69, 9.17) is 21.1 Å². The first-order valence-electron chi connectivity index (χ1n) is 8.78. The molecule has 0 spiro atoms. The molecule has 1 heterocycles. The maximum atomic E-state index is 12.4. The summed E-state index contributed by atoms with van der Waals surface area (Å²) >= 11 is 6.01. The molecule has 0 unspecified atom stereocenters. The molecule has 0 atom stereocenters. The molecule has 0 aromatic heterocycles. The highest BCUT2D eigenvalue weighted by molar-refractivity contribution is 6.31. The lowest BCUT2D eigenvalue weighted by molar-refractivity contribution is -0.133. The molecule has 1 N–H and O–H groups in total. The average Bonchev–Trinajstić information content (AvgIpc) is 2.67. The highest BCUT2D eigenvalue weighted by Gasteiger charge is 2.26. The number of hydrogen-bond acceptors (Lipinski definition) is 6. The summed E-state index contributed by atoms with van der Waals surface area (Å²) in [6.45, 7) is 2.17. The summed E-state index contributed by atoms with van der Waals surface area (Å²) in [7, 11) is 0. The number of ether oxygens (including phenoxy) is 2. The van der Waals surface area contributed by atoms with E-state index in [9.17, 15) is 14.4 Å². The Morgan fingerprint density at radius 1 is 1.21 bits per heavy atom. The van der Waals surface area contributed by atoms with Crippen LogP contribution in [0.15, 0.2) is 42.5 Å². The average molecular weight is 403 g/mol. The van der Waals surface area contributed by atoms with E-state index in [0.29, 0.717) is 34.3 Å². The number of anilines is 2. The molecule has 3 rings (SSSR count). The van der Waals surface area contributed by atoms with Crippen LogP contribution in [-0.4, -0.2) is 37.5 Å². The molecule has 8 heteroatoms. The second-order valence-electron chi connectivity index (χ2n) is 6.20. The lowest BCUT2D eigenvalue weighted by atomic mass is 10.2. The van der Waals surface area contributed by atoms with Gasteiger partial charge in [-0.15, -0.1) is 0 Å². The van der Waals surface area contributed by atoms with Crippen LogP contribution in [0.3, 0.4) is 0 Å². The normalized spacial score (nSPS) is 12.8. The number of fused-ring (bicyclic) bond motifs is 1. The molecule has 7 nitrogen and oxygen atoms in total. The quantitative estimate of drug-likeness (QED) is 0.589. The molecule has 2 aromatic carbocycles. The third-order valence-electron chi connectivity index (χ3n) is 3.98. The van der Waals surface area contributed by atoms with Gasteiger partial charge in [0, 0.05) is 10.7 Å². The van der Waals surface area contributed by atoms with E-state index in [-0.39, 0.29) is 19.0 Å². The fourth-order valence-electron chi connectivity index (χ4n) is 2.70. The van der Waals surface area contributed by atoms with E-state index in [0.717, 1.165) is 6.42 Å². The van der Waals surface area contributed by atoms with Crippen molar-refractivity contribution in [3.05, 3.63) is 53.1 Å². The molecule has 0 fully saturated rings. The van der Waals surface area contributed by atoms with Crippen LogP contribution >= 0.6 is 11.6 Å². The smallest absolute Gasteiger partial charge is 0.338 e. The summed E-state index contributed by atoms with van der Waals surface area (Å²) in [5, 5.41) is 3.22. The minimum atomic E-state index is -0.447. The topological polar surface area (TPSA) is 84.9 Å². The van der Waals surface area contributed by atoms with E-state index >= 15 is 0 Å². The van der Waals surface area contributed by atoms with Crippen LogP contribution in [-0.2, 0) is 14.3 Å². The van der Waals surface area contributed by atoms with Crippen LogP contribution in [0.2, 0.25) is 5.02 Å². The Hall–Kier alpha value is -3.06. The van der Waals surface area contributed by atoms with Crippen molar-refractivity contribution in [1.29, 1.82) is 0 Å². The van der Waals surface area contributed by atoms with Crippen LogP contribution in [0.4, 0.5) is 11.4 Å². The molecule has 2 aromatic rings. The summed E-state index contributed by atoms with van der Waals surface area (Å²) in [4.78, 5) is 37.6. The van der Waals surface area contributed by atoms with Gasteiger partial charge in [-0.1, -0.05) is 18.5 Å². The van der Waals surface area contributed by atoms with Crippen LogP contribution in [0.1, 0.15) is 23.7 Å². The van der Waals surface area contributed by atoms with Crippen molar-refractivity contribution in [3.63, 3.8) is 0 Å². The van der Waals surface area contributed by atoms with Gasteiger partial charge in [0.2, 0.25) is 5.91 Å². The number of benzene rings is 2. The molecule has 0 saturated heterocycles. The molecular weight excluding hydrogens is 384 g/mol. The molecule has 1 aliphatic rings. The Balaban J connectivity index is 1.64. The first kappa shape index (κ1) is 19.7. The first-order valence-corrected chi connectivity index (χ1v) is 9.16. The molecule has 0 radical (unpaired) electrons. The molecule has 1 aliphatic heterocycles. The minimum absolute atomic E-state index is 0.0526. The van der Waals surface area contributed by atoms with Gasteiger partial charge in [-0.05, 0) is 48.9 Å². The molecule has 1 amide bonds. The van der Waals surface area contributed by atoms with E-state index < -0.39 is 11.9 Å². The van der Waals surface area contributed by atoms with Gasteiger partial charge in [-0.3, -0.25) is 4.79 Å². The monoisotopic (exact) mass is 402 g/mol. The summed E-state index contributed by atoms with van der Waals surface area (Å²) < 4.78 is 10.2. The molecule has 0 saturated carbocycles. The van der Waals surface area contributed by atoms with E-state index in [1.807, 2.05) is 6.92 Å². The van der Waals surface area contributed by atoms with Crippen LogP contribution < -0.4 is 15.0 Å². The lowest BCUT2D eigenvalue weighted by Gasteiger charge is -2.29. The van der Waals surface area contributed by atoms with Gasteiger partial charge in [-0.25, -0.2) is 9.59 Å². The fourth-order valence-corrected chi connectivity index (χ4v) is 2.87. The van der Waals surface area contributed by atoms with Crippen molar-refractivity contribution in [2.75, 3.05) is 29.9 Å². The number of nitrogens with zero attached hydrogens (tertiary/aromatic N) is 1. The van der Waals surface area contributed by atoms with Crippen molar-refractivity contribution in [1.82, 2.24) is 0 Å². The van der Waals surface area contributed by atoms with Crippen LogP contribution in [0.5, 0.6) is 5.75 Å². The molecule has 0 aliphatic carbocycles. The number of rotatable bonds is 6. The zero-order valence-electron chi connectivity index (χ0n) is 15.2. The number of nitrogens with one attached hydrogen (secondary N) is 1. The number of hydrogen-bond donors (Lipinski definition) is 1. The van der Waals surface area contributed by atoms with Crippen molar-refractivity contribution < 1.29 is 23.9 Å². The Kier molecular flexibility index (Phi) is 6.16. The number of esters is 2. The van der Waals surface area contributed by atoms with E-state index in [1.54, 1.807) is 47.4 Å². The summed E-state index contributed by atoms with van der Waals surface area (Å²) in [5.74, 6) is -0.803. The standard InChI is InChI=1S/C20H19ClN2O5/c1-2-9-27-20(26)13-3-6-15(7-4-13)22-18(24)11-23-12-19(25)28-17-8-5-14(21)10-16(17)23/h3-8,10H,2,9,11-12H2,1H3,(H,22,24). The lowest BCUT2D eigenvalue weighted by Crippen LogP contribution is -2.41. The maximum absolute atomic E-state index is 12.4. The predicted molar refractivity (Wildman–Crippen MR) is 105 cm³/mol. The Morgan fingerprint density at radius 3 is 2.68 bits per heavy atom. The van der Waals surface area contributed by atoms with Gasteiger partial charge in [0.1, 0.15) is 6.54 Å². The zero-order chi connectivity index (χ0) is 20.1. The minimum Gasteiger partial charge on any atom is -0.462 e. The van der Waals surface area contributed by atoms with Crippen LogP contribution in [0.25, 0.3) is 0 Å². The van der Waals surface area contributed by atoms with Crippen molar-refractivity contribution in [3.8, 4) is 5.75 Å². The van der Waals surface area contributed by atoms with Crippen molar-refractivity contribution >= 4 is 40.8 Å². The predicted octanol–water partition coefficient (Wildman–Crippen LogP) is 3.27. The molecule has 0 bridgehead atoms. The second-order valence-corrected chi connectivity index (χ2v) is 6.64. The summed E-state index contributed by atoms with van der Waals surface area (Å²) in [5.41, 5.74) is 1.52. The Morgan fingerprint density at radius 2 is 1.96 bits per heavy atom. The number of carbonyl (C=O) groups is 3. The Labute approximate surface area is 167 Å². The Bertz CT molecular complexity index is 898. The molecular formula is C20H19ClN2O5. The van der Waals surface area contributed by atoms with E-state index in [1.165, 1.54) is 0 Å². The highest BCUT2D eigenvalue weighted by atomic mass is 35.5. The fraction of sp³-hybridized carbons (Fsp3) is 0.250. The van der Waals surface area contributed by atoms with Gasteiger partial charge in [0.05, 0.1) is 24.4 Å². The second kappa shape index (κ2) is 8.75. The highest BCUT2D eigenvalue weighted by Crippen LogP contribution is 2.34. The SMILES string of the molecule is CCCOC(=O)c1ccc(NC(=O)CN2CC(=O)Oc3ccc(Cl)cc32)cc1. The number of halogens is 1. The molecule has 146 valence electrons. The number of carbonyl (C=O) groups excluding carboxylic acids is 3. The van der Waals surface area contributed by atoms with Gasteiger partial charge in [-0.2, -0.15) is 0 Å². The third kappa shape index (κ3) is 4.80. The first-order chi connectivity index (χ1) is 13.5. The van der Waals surface area contributed by atoms with Gasteiger partial charge in [0.25, 0.3) is 0 Å². The van der Waals surface area contributed by atoms with Gasteiger partial charge < -0.3 is 19.7 Å². The third-order valence-corrected chi connectivity index (χ3v) is 4.22.